The number of hydrogen-bond donors (Lipinski definition) is 1. The quantitative estimate of drug-likeness (QED) is 0.483. The summed E-state index contributed by atoms with van der Waals surface area (Å²) in [6, 6.07) is 9.15. The van der Waals surface area contributed by atoms with Crippen molar-refractivity contribution < 1.29 is 4.79 Å². The summed E-state index contributed by atoms with van der Waals surface area (Å²) >= 11 is 7.45. The Labute approximate surface area is 179 Å². The number of nitrogens with zero attached hydrogens (tertiary/aromatic N) is 5. The number of nitrogens with one attached hydrogen (secondary N) is 1. The Bertz CT molecular complexity index is 1010. The van der Waals surface area contributed by atoms with Gasteiger partial charge in [-0.15, -0.1) is 5.10 Å². The Kier molecular flexibility index (Phi) is 6.24. The molecular weight excluding hydrogens is 408 g/mol. The number of hydrogen-bond acceptors (Lipinski definition) is 6. The largest absolute Gasteiger partial charge is 0.346 e. The first-order valence-corrected chi connectivity index (χ1v) is 10.5. The van der Waals surface area contributed by atoms with Crippen molar-refractivity contribution in [3.8, 4) is 5.69 Å². The van der Waals surface area contributed by atoms with Crippen molar-refractivity contribution in [1.29, 1.82) is 0 Å². The average Bonchev–Trinajstić information content (AvgIpc) is 3.02. The maximum absolute atomic E-state index is 12.8. The van der Waals surface area contributed by atoms with E-state index in [-0.39, 0.29) is 17.1 Å². The van der Waals surface area contributed by atoms with E-state index in [1.54, 1.807) is 16.8 Å². The van der Waals surface area contributed by atoms with Crippen molar-refractivity contribution in [1.82, 2.24) is 30.3 Å². The highest BCUT2D eigenvalue weighted by atomic mass is 35.5. The summed E-state index contributed by atoms with van der Waals surface area (Å²) in [5.74, 6) is 0.167. The minimum Gasteiger partial charge on any atom is -0.346 e. The lowest BCUT2D eigenvalue weighted by atomic mass is 10.1. The van der Waals surface area contributed by atoms with Crippen LogP contribution in [0.1, 0.15) is 48.3 Å². The fourth-order valence-corrected chi connectivity index (χ4v) is 3.76. The van der Waals surface area contributed by atoms with E-state index in [0.29, 0.717) is 21.6 Å². The number of thioether (sulfide) groups is 1. The number of carbonyl (C=O) groups is 1. The van der Waals surface area contributed by atoms with E-state index in [1.165, 1.54) is 11.8 Å². The summed E-state index contributed by atoms with van der Waals surface area (Å²) in [5, 5.41) is 12.6. The molecular formula is C20H23ClN6OS. The Balaban J connectivity index is 1.97. The molecule has 0 spiro atoms. The van der Waals surface area contributed by atoms with Crippen molar-refractivity contribution in [3.63, 3.8) is 0 Å². The SMILES string of the molecule is Cc1cc(C)nc(SCc2c(C(=O)NC(C)(C)C)nnn2-c2ccc(Cl)cc2)n1. The lowest BCUT2D eigenvalue weighted by Crippen LogP contribution is -2.41. The van der Waals surface area contributed by atoms with Gasteiger partial charge in [-0.3, -0.25) is 4.79 Å². The molecule has 0 fully saturated rings. The Morgan fingerprint density at radius 2 is 1.76 bits per heavy atom. The zero-order valence-electron chi connectivity index (χ0n) is 17.0. The molecule has 7 nitrogen and oxygen atoms in total. The molecule has 0 bridgehead atoms. The molecule has 0 aliphatic carbocycles. The number of aromatic nitrogens is 5. The number of rotatable bonds is 5. The van der Waals surface area contributed by atoms with E-state index in [9.17, 15) is 4.79 Å². The third-order valence-electron chi connectivity index (χ3n) is 3.84. The molecule has 2 heterocycles. The molecule has 0 radical (unpaired) electrons. The monoisotopic (exact) mass is 430 g/mol. The average molecular weight is 431 g/mol. The van der Waals surface area contributed by atoms with Crippen LogP contribution in [0.25, 0.3) is 5.69 Å². The van der Waals surface area contributed by atoms with E-state index in [4.69, 9.17) is 11.6 Å². The van der Waals surface area contributed by atoms with E-state index in [0.717, 1.165) is 17.1 Å². The highest BCUT2D eigenvalue weighted by molar-refractivity contribution is 7.98. The first-order valence-electron chi connectivity index (χ1n) is 9.10. The van der Waals surface area contributed by atoms with Gasteiger partial charge in [0.1, 0.15) is 0 Å². The van der Waals surface area contributed by atoms with Crippen molar-refractivity contribution in [2.75, 3.05) is 0 Å². The van der Waals surface area contributed by atoms with Gasteiger partial charge in [-0.25, -0.2) is 14.6 Å². The van der Waals surface area contributed by atoms with Crippen LogP contribution in [0.3, 0.4) is 0 Å². The number of aryl methyl sites for hydroxylation is 2. The van der Waals surface area contributed by atoms with Gasteiger partial charge in [0.25, 0.3) is 5.91 Å². The van der Waals surface area contributed by atoms with Crippen molar-refractivity contribution in [2.45, 2.75) is 51.1 Å². The lowest BCUT2D eigenvalue weighted by molar-refractivity contribution is 0.0913. The van der Waals surface area contributed by atoms with Gasteiger partial charge in [0, 0.05) is 27.7 Å². The molecule has 1 N–H and O–H groups in total. The highest BCUT2D eigenvalue weighted by Gasteiger charge is 2.24. The topological polar surface area (TPSA) is 85.6 Å². The summed E-state index contributed by atoms with van der Waals surface area (Å²) in [5.41, 5.74) is 3.13. The molecule has 2 aromatic heterocycles. The lowest BCUT2D eigenvalue weighted by Gasteiger charge is -2.20. The molecule has 0 aliphatic rings. The first-order chi connectivity index (χ1) is 13.6. The molecule has 0 aliphatic heterocycles. The van der Waals surface area contributed by atoms with Gasteiger partial charge in [0.15, 0.2) is 10.9 Å². The maximum Gasteiger partial charge on any atom is 0.274 e. The van der Waals surface area contributed by atoms with Crippen LogP contribution in [-0.4, -0.2) is 36.4 Å². The van der Waals surface area contributed by atoms with Crippen LogP contribution in [0.2, 0.25) is 5.02 Å². The third-order valence-corrected chi connectivity index (χ3v) is 4.95. The van der Waals surface area contributed by atoms with Crippen LogP contribution in [0.15, 0.2) is 35.5 Å². The van der Waals surface area contributed by atoms with E-state index >= 15 is 0 Å². The Morgan fingerprint density at radius 1 is 1.14 bits per heavy atom. The van der Waals surface area contributed by atoms with Crippen LogP contribution < -0.4 is 5.32 Å². The standard InChI is InChI=1S/C20H23ClN6OS/c1-12-10-13(2)23-19(22-12)29-11-16-17(18(28)24-20(3,4)5)25-26-27(16)15-8-6-14(21)7-9-15/h6-10H,11H2,1-5H3,(H,24,28). The smallest absolute Gasteiger partial charge is 0.274 e. The summed E-state index contributed by atoms with van der Waals surface area (Å²) in [7, 11) is 0. The molecule has 1 amide bonds. The van der Waals surface area contributed by atoms with Crippen molar-refractivity contribution in [2.24, 2.45) is 0 Å². The molecule has 0 atom stereocenters. The van der Waals surface area contributed by atoms with Gasteiger partial charge in [-0.05, 0) is 65.0 Å². The zero-order valence-corrected chi connectivity index (χ0v) is 18.6. The fourth-order valence-electron chi connectivity index (χ4n) is 2.69. The number of benzene rings is 1. The van der Waals surface area contributed by atoms with Gasteiger partial charge in [0.05, 0.1) is 11.4 Å². The number of carbonyl (C=O) groups excluding carboxylic acids is 1. The molecule has 1 aromatic carbocycles. The molecule has 0 saturated carbocycles. The molecule has 29 heavy (non-hydrogen) atoms. The molecule has 9 heteroatoms. The minimum atomic E-state index is -0.387. The summed E-state index contributed by atoms with van der Waals surface area (Å²) < 4.78 is 1.66. The van der Waals surface area contributed by atoms with Gasteiger partial charge in [0.2, 0.25) is 0 Å². The number of amides is 1. The predicted molar refractivity (Wildman–Crippen MR) is 115 cm³/mol. The summed E-state index contributed by atoms with van der Waals surface area (Å²) in [6.07, 6.45) is 0. The number of halogens is 1. The highest BCUT2D eigenvalue weighted by Crippen LogP contribution is 2.24. The predicted octanol–water partition coefficient (Wildman–Crippen LogP) is 4.15. The van der Waals surface area contributed by atoms with Crippen LogP contribution in [0, 0.1) is 13.8 Å². The normalized spacial score (nSPS) is 11.5. The second kappa shape index (κ2) is 8.51. The maximum atomic E-state index is 12.8. The Morgan fingerprint density at radius 3 is 2.34 bits per heavy atom. The second-order valence-electron chi connectivity index (χ2n) is 7.70. The second-order valence-corrected chi connectivity index (χ2v) is 9.08. The fraction of sp³-hybridized carbons (Fsp3) is 0.350. The van der Waals surface area contributed by atoms with E-state index in [1.807, 2.05) is 52.8 Å². The van der Waals surface area contributed by atoms with Gasteiger partial charge >= 0.3 is 0 Å². The first kappa shape index (κ1) is 21.3. The molecule has 152 valence electrons. The molecule has 0 unspecified atom stereocenters. The van der Waals surface area contributed by atoms with Crippen LogP contribution in [0.5, 0.6) is 0 Å². The van der Waals surface area contributed by atoms with Crippen LogP contribution in [-0.2, 0) is 5.75 Å². The van der Waals surface area contributed by atoms with Gasteiger partial charge < -0.3 is 5.32 Å². The van der Waals surface area contributed by atoms with Gasteiger partial charge in [-0.2, -0.15) is 0 Å². The van der Waals surface area contributed by atoms with Crippen LogP contribution in [0.4, 0.5) is 0 Å². The van der Waals surface area contributed by atoms with Crippen LogP contribution >= 0.6 is 23.4 Å². The van der Waals surface area contributed by atoms with Gasteiger partial charge in [-0.1, -0.05) is 28.6 Å². The van der Waals surface area contributed by atoms with Crippen molar-refractivity contribution >= 4 is 29.3 Å². The summed E-state index contributed by atoms with van der Waals surface area (Å²) in [6.45, 7) is 9.63. The Hall–Kier alpha value is -2.45. The minimum absolute atomic E-state index is 0.269. The van der Waals surface area contributed by atoms with E-state index in [2.05, 4.69) is 25.6 Å². The molecule has 0 saturated heterocycles. The third kappa shape index (κ3) is 5.55. The zero-order chi connectivity index (χ0) is 21.2. The van der Waals surface area contributed by atoms with Crippen molar-refractivity contribution in [3.05, 3.63) is 58.1 Å². The molecule has 3 rings (SSSR count). The summed E-state index contributed by atoms with van der Waals surface area (Å²) in [4.78, 5) is 21.7. The van der Waals surface area contributed by atoms with E-state index < -0.39 is 0 Å². The molecule has 3 aromatic rings.